The fraction of sp³-hybridized carbons (Fsp3) is 0.810. The van der Waals surface area contributed by atoms with Crippen LogP contribution in [-0.4, -0.2) is 36.4 Å². The predicted octanol–water partition coefficient (Wildman–Crippen LogP) is 4.71. The number of rotatable bonds is 17. The van der Waals surface area contributed by atoms with Gasteiger partial charge in [0.05, 0.1) is 6.61 Å². The van der Waals surface area contributed by atoms with Crippen molar-refractivity contribution in [3.63, 3.8) is 0 Å². The summed E-state index contributed by atoms with van der Waals surface area (Å²) < 4.78 is 10.2. The van der Waals surface area contributed by atoms with Gasteiger partial charge >= 0.3 is 11.9 Å². The van der Waals surface area contributed by atoms with E-state index in [0.717, 1.165) is 44.9 Å². The normalized spacial score (nSPS) is 12.3. The van der Waals surface area contributed by atoms with Gasteiger partial charge in [0, 0.05) is 12.8 Å². The molecule has 0 bridgehead atoms. The van der Waals surface area contributed by atoms with E-state index in [9.17, 15) is 14.7 Å². The monoisotopic (exact) mass is 370 g/mol. The molecule has 0 saturated carbocycles. The third-order valence-corrected chi connectivity index (χ3v) is 4.04. The van der Waals surface area contributed by atoms with Crippen molar-refractivity contribution in [2.45, 2.75) is 97.0 Å². The van der Waals surface area contributed by atoms with Gasteiger partial charge in [-0.1, -0.05) is 58.1 Å². The lowest BCUT2D eigenvalue weighted by Crippen LogP contribution is -2.28. The van der Waals surface area contributed by atoms with Crippen LogP contribution < -0.4 is 0 Å². The minimum Gasteiger partial charge on any atom is -0.462 e. The highest BCUT2D eigenvalue weighted by molar-refractivity contribution is 5.70. The third kappa shape index (κ3) is 16.1. The average Bonchev–Trinajstić information content (AvgIpc) is 2.64. The Labute approximate surface area is 159 Å². The molecule has 1 unspecified atom stereocenters. The smallest absolute Gasteiger partial charge is 0.306 e. The number of carbonyl (C=O) groups excluding carboxylic acids is 2. The highest BCUT2D eigenvalue weighted by Crippen LogP contribution is 2.09. The lowest BCUT2D eigenvalue weighted by molar-refractivity contribution is -0.161. The zero-order chi connectivity index (χ0) is 19.5. The van der Waals surface area contributed by atoms with E-state index in [1.165, 1.54) is 19.3 Å². The summed E-state index contributed by atoms with van der Waals surface area (Å²) in [5.41, 5.74) is 0. The third-order valence-electron chi connectivity index (χ3n) is 4.04. The summed E-state index contributed by atoms with van der Waals surface area (Å²) in [5.74, 6) is -0.651. The quantitative estimate of drug-likeness (QED) is 0.228. The molecule has 0 heterocycles. The van der Waals surface area contributed by atoms with Crippen molar-refractivity contribution < 1.29 is 24.2 Å². The number of carbonyl (C=O) groups is 2. The highest BCUT2D eigenvalue weighted by Gasteiger charge is 2.15. The maximum Gasteiger partial charge on any atom is 0.306 e. The van der Waals surface area contributed by atoms with Gasteiger partial charge < -0.3 is 14.6 Å². The number of hydrogen-bond donors (Lipinski definition) is 1. The Balaban J connectivity index is 3.64. The zero-order valence-electron chi connectivity index (χ0n) is 16.7. The van der Waals surface area contributed by atoms with Gasteiger partial charge in [-0.2, -0.15) is 0 Å². The van der Waals surface area contributed by atoms with Crippen LogP contribution in [0, 0.1) is 0 Å². The Morgan fingerprint density at radius 2 is 1.50 bits per heavy atom. The van der Waals surface area contributed by atoms with Crippen molar-refractivity contribution in [3.05, 3.63) is 12.2 Å². The van der Waals surface area contributed by atoms with E-state index in [1.54, 1.807) is 0 Å². The number of allylic oxidation sites excluding steroid dienone is 2. The molecule has 5 nitrogen and oxygen atoms in total. The molecule has 26 heavy (non-hydrogen) atoms. The molecule has 0 aliphatic heterocycles. The molecule has 0 amide bonds. The first-order valence-corrected chi connectivity index (χ1v) is 10.2. The second-order valence-electron chi connectivity index (χ2n) is 6.65. The first kappa shape index (κ1) is 24.6. The van der Waals surface area contributed by atoms with Crippen LogP contribution in [0.3, 0.4) is 0 Å². The zero-order valence-corrected chi connectivity index (χ0v) is 16.7. The van der Waals surface area contributed by atoms with E-state index in [4.69, 9.17) is 9.47 Å². The van der Waals surface area contributed by atoms with Crippen LogP contribution in [0.25, 0.3) is 0 Å². The maximum absolute atomic E-state index is 11.8. The predicted molar refractivity (Wildman–Crippen MR) is 104 cm³/mol. The molecule has 0 radical (unpaired) electrons. The minimum absolute atomic E-state index is 0.0731. The molecular formula is C21H38O5. The molecule has 1 atom stereocenters. The number of esters is 2. The van der Waals surface area contributed by atoms with Crippen LogP contribution in [0.2, 0.25) is 0 Å². The SMILES string of the molecule is CCC/C=C\CCCCCCCC(=O)OC(CO)COC(=O)CCCC. The number of unbranched alkanes of at least 4 members (excludes halogenated alkanes) is 7. The molecule has 1 N–H and O–H groups in total. The van der Waals surface area contributed by atoms with Crippen LogP contribution in [-0.2, 0) is 19.1 Å². The van der Waals surface area contributed by atoms with Gasteiger partial charge in [-0.15, -0.1) is 0 Å². The molecule has 0 spiro atoms. The van der Waals surface area contributed by atoms with Gasteiger partial charge in [0.15, 0.2) is 6.10 Å². The van der Waals surface area contributed by atoms with Crippen molar-refractivity contribution in [1.29, 1.82) is 0 Å². The summed E-state index contributed by atoms with van der Waals surface area (Å²) in [7, 11) is 0. The van der Waals surface area contributed by atoms with Gasteiger partial charge in [-0.25, -0.2) is 0 Å². The van der Waals surface area contributed by atoms with E-state index in [1.807, 2.05) is 6.92 Å². The first-order chi connectivity index (χ1) is 12.6. The van der Waals surface area contributed by atoms with E-state index < -0.39 is 6.10 Å². The van der Waals surface area contributed by atoms with Crippen LogP contribution in [0.1, 0.15) is 90.9 Å². The molecule has 152 valence electrons. The molecule has 0 rings (SSSR count). The first-order valence-electron chi connectivity index (χ1n) is 10.2. The Hall–Kier alpha value is -1.36. The fourth-order valence-corrected chi connectivity index (χ4v) is 2.41. The van der Waals surface area contributed by atoms with Gasteiger partial charge in [0.1, 0.15) is 6.61 Å². The van der Waals surface area contributed by atoms with Crippen molar-refractivity contribution in [2.24, 2.45) is 0 Å². The molecule has 0 aromatic rings. The van der Waals surface area contributed by atoms with Crippen molar-refractivity contribution in [2.75, 3.05) is 13.2 Å². The Morgan fingerprint density at radius 3 is 2.19 bits per heavy atom. The molecule has 0 aliphatic carbocycles. The molecule has 0 aromatic carbocycles. The van der Waals surface area contributed by atoms with Crippen LogP contribution >= 0.6 is 0 Å². The molecule has 0 aromatic heterocycles. The van der Waals surface area contributed by atoms with Gasteiger partial charge in [0.25, 0.3) is 0 Å². The van der Waals surface area contributed by atoms with E-state index in [2.05, 4.69) is 19.1 Å². The van der Waals surface area contributed by atoms with E-state index in [0.29, 0.717) is 12.8 Å². The summed E-state index contributed by atoms with van der Waals surface area (Å²) in [6, 6.07) is 0. The topological polar surface area (TPSA) is 72.8 Å². The van der Waals surface area contributed by atoms with Gasteiger partial charge in [0.2, 0.25) is 0 Å². The average molecular weight is 371 g/mol. The molecule has 5 heteroatoms. The number of ether oxygens (including phenoxy) is 2. The molecule has 0 saturated heterocycles. The van der Waals surface area contributed by atoms with Crippen molar-refractivity contribution in [3.8, 4) is 0 Å². The fourth-order valence-electron chi connectivity index (χ4n) is 2.41. The Bertz CT molecular complexity index is 379. The van der Waals surface area contributed by atoms with Gasteiger partial charge in [-0.3, -0.25) is 9.59 Å². The molecule has 0 aliphatic rings. The maximum atomic E-state index is 11.8. The van der Waals surface area contributed by atoms with E-state index >= 15 is 0 Å². The number of aliphatic hydroxyl groups is 1. The summed E-state index contributed by atoms with van der Waals surface area (Å²) in [4.78, 5) is 23.2. The molecule has 0 fully saturated rings. The minimum atomic E-state index is -0.761. The summed E-state index contributed by atoms with van der Waals surface area (Å²) >= 11 is 0. The van der Waals surface area contributed by atoms with Crippen LogP contribution in [0.5, 0.6) is 0 Å². The Morgan fingerprint density at radius 1 is 0.846 bits per heavy atom. The lowest BCUT2D eigenvalue weighted by atomic mass is 10.1. The summed E-state index contributed by atoms with van der Waals surface area (Å²) in [6.07, 6.45) is 14.9. The van der Waals surface area contributed by atoms with E-state index in [-0.39, 0.29) is 25.2 Å². The van der Waals surface area contributed by atoms with Crippen LogP contribution in [0.4, 0.5) is 0 Å². The van der Waals surface area contributed by atoms with Crippen molar-refractivity contribution in [1.82, 2.24) is 0 Å². The highest BCUT2D eigenvalue weighted by atomic mass is 16.6. The Kier molecular flexibility index (Phi) is 17.5. The second kappa shape index (κ2) is 18.4. The van der Waals surface area contributed by atoms with Gasteiger partial charge in [-0.05, 0) is 32.1 Å². The second-order valence-corrected chi connectivity index (χ2v) is 6.65. The standard InChI is InChI=1S/C21H38O5/c1-3-5-7-8-9-10-11-12-13-14-16-21(24)26-19(17-22)18-25-20(23)15-6-4-2/h7-8,19,22H,3-6,9-18H2,1-2H3/b8-7-. The number of hydrogen-bond acceptors (Lipinski definition) is 5. The van der Waals surface area contributed by atoms with Crippen molar-refractivity contribution >= 4 is 11.9 Å². The summed E-state index contributed by atoms with van der Waals surface area (Å²) in [5, 5.41) is 9.24. The largest absolute Gasteiger partial charge is 0.462 e. The lowest BCUT2D eigenvalue weighted by Gasteiger charge is -2.15. The molecular weight excluding hydrogens is 332 g/mol. The number of aliphatic hydroxyl groups excluding tert-OH is 1. The van der Waals surface area contributed by atoms with Crippen LogP contribution in [0.15, 0.2) is 12.2 Å². The summed E-state index contributed by atoms with van der Waals surface area (Å²) in [6.45, 7) is 3.77.